The lowest BCUT2D eigenvalue weighted by atomic mass is 10.1. The van der Waals surface area contributed by atoms with E-state index in [0.717, 1.165) is 6.42 Å². The average Bonchev–Trinajstić information content (AvgIpc) is 2.78. The lowest BCUT2D eigenvalue weighted by Crippen LogP contribution is -2.07. The van der Waals surface area contributed by atoms with Gasteiger partial charge in [0.15, 0.2) is 0 Å². The molecule has 0 atom stereocenters. The summed E-state index contributed by atoms with van der Waals surface area (Å²) in [6.07, 6.45) is 0.430. The lowest BCUT2D eigenvalue weighted by Gasteiger charge is -2.12. The molecule has 7 nitrogen and oxygen atoms in total. The van der Waals surface area contributed by atoms with Crippen molar-refractivity contribution >= 4 is 15.8 Å². The molecule has 0 spiro atoms. The van der Waals surface area contributed by atoms with Crippen LogP contribution in [0.2, 0.25) is 0 Å². The zero-order valence-corrected chi connectivity index (χ0v) is 19.3. The topological polar surface area (TPSA) is 99.1 Å². The summed E-state index contributed by atoms with van der Waals surface area (Å²) in [6.45, 7) is 4.75. The molecule has 0 aromatic heterocycles. The van der Waals surface area contributed by atoms with Crippen molar-refractivity contribution in [3.8, 4) is 23.0 Å². The molecule has 0 unspecified atom stereocenters. The van der Waals surface area contributed by atoms with Crippen LogP contribution in [-0.2, 0) is 21.1 Å². The van der Waals surface area contributed by atoms with Crippen LogP contribution < -0.4 is 14.2 Å². The Balaban J connectivity index is 1.86. The summed E-state index contributed by atoms with van der Waals surface area (Å²) in [5.41, 5.74) is 0.351. The fourth-order valence-corrected chi connectivity index (χ4v) is 4.46. The van der Waals surface area contributed by atoms with Gasteiger partial charge in [0.05, 0.1) is 29.4 Å². The number of hydrogen-bond donors (Lipinski definition) is 1. The van der Waals surface area contributed by atoms with E-state index in [4.69, 9.17) is 19.3 Å². The minimum atomic E-state index is -3.90. The number of hydrogen-bond acceptors (Lipinski definition) is 6. The van der Waals surface area contributed by atoms with Gasteiger partial charge in [0, 0.05) is 6.07 Å². The summed E-state index contributed by atoms with van der Waals surface area (Å²) < 4.78 is 43.3. The first-order chi connectivity index (χ1) is 15.8. The monoisotopic (exact) mass is 470 g/mol. The highest BCUT2D eigenvalue weighted by atomic mass is 32.2. The predicted octanol–water partition coefficient (Wildman–Crippen LogP) is 5.13. The van der Waals surface area contributed by atoms with Crippen molar-refractivity contribution in [3.63, 3.8) is 0 Å². The van der Waals surface area contributed by atoms with Gasteiger partial charge in [-0.25, -0.2) is 8.42 Å². The normalized spacial score (nSPS) is 11.1. The molecule has 0 saturated carbocycles. The van der Waals surface area contributed by atoms with Crippen LogP contribution in [0.25, 0.3) is 0 Å². The molecule has 33 heavy (non-hydrogen) atoms. The first-order valence-corrected chi connectivity index (χ1v) is 12.0. The summed E-state index contributed by atoms with van der Waals surface area (Å²) in [6, 6.07) is 17.5. The number of ether oxygens (including phenoxy) is 3. The van der Waals surface area contributed by atoms with Crippen LogP contribution in [0.5, 0.6) is 23.0 Å². The van der Waals surface area contributed by atoms with Gasteiger partial charge in [-0.3, -0.25) is 4.79 Å². The van der Waals surface area contributed by atoms with Crippen LogP contribution in [0, 0.1) is 0 Å². The van der Waals surface area contributed by atoms with E-state index >= 15 is 0 Å². The van der Waals surface area contributed by atoms with Gasteiger partial charge >= 0.3 is 5.97 Å². The first-order valence-electron chi connectivity index (χ1n) is 10.6. The Kier molecular flexibility index (Phi) is 7.95. The number of rotatable bonds is 11. The molecule has 0 heterocycles. The first kappa shape index (κ1) is 24.1. The highest BCUT2D eigenvalue weighted by Gasteiger charge is 2.20. The van der Waals surface area contributed by atoms with Crippen molar-refractivity contribution in [3.05, 3.63) is 72.3 Å². The molecule has 0 saturated heterocycles. The van der Waals surface area contributed by atoms with E-state index < -0.39 is 15.8 Å². The Morgan fingerprint density at radius 2 is 1.55 bits per heavy atom. The number of sulfone groups is 1. The molecule has 8 heteroatoms. The fourth-order valence-electron chi connectivity index (χ4n) is 3.12. The maximum absolute atomic E-state index is 13.2. The third-order valence-electron chi connectivity index (χ3n) is 4.56. The maximum atomic E-state index is 13.2. The van der Waals surface area contributed by atoms with Crippen molar-refractivity contribution in [1.29, 1.82) is 0 Å². The van der Waals surface area contributed by atoms with Crippen LogP contribution in [-0.4, -0.2) is 32.7 Å². The Morgan fingerprint density at radius 1 is 0.818 bits per heavy atom. The largest absolute Gasteiger partial charge is 0.494 e. The molecule has 3 aromatic carbocycles. The van der Waals surface area contributed by atoms with Crippen LogP contribution in [0.1, 0.15) is 25.8 Å². The zero-order chi connectivity index (χ0) is 23.8. The van der Waals surface area contributed by atoms with Gasteiger partial charge < -0.3 is 19.3 Å². The Morgan fingerprint density at radius 3 is 2.21 bits per heavy atom. The quantitative estimate of drug-likeness (QED) is 0.415. The predicted molar refractivity (Wildman–Crippen MR) is 123 cm³/mol. The summed E-state index contributed by atoms with van der Waals surface area (Å²) in [7, 11) is -3.90. The number of carboxylic acid groups (broad SMARTS) is 1. The molecule has 0 bridgehead atoms. The molecule has 0 radical (unpaired) electrons. The highest BCUT2D eigenvalue weighted by molar-refractivity contribution is 7.91. The van der Waals surface area contributed by atoms with E-state index in [2.05, 4.69) is 0 Å². The van der Waals surface area contributed by atoms with Gasteiger partial charge in [0.2, 0.25) is 9.84 Å². The number of carboxylic acids is 1. The van der Waals surface area contributed by atoms with Crippen molar-refractivity contribution in [1.82, 2.24) is 0 Å². The van der Waals surface area contributed by atoms with Crippen molar-refractivity contribution in [2.24, 2.45) is 0 Å². The van der Waals surface area contributed by atoms with E-state index in [0.29, 0.717) is 41.8 Å². The van der Waals surface area contributed by atoms with Gasteiger partial charge in [-0.05, 0) is 73.5 Å². The summed E-state index contributed by atoms with van der Waals surface area (Å²) >= 11 is 0. The van der Waals surface area contributed by atoms with Crippen molar-refractivity contribution in [2.75, 3.05) is 13.2 Å². The summed E-state index contributed by atoms with van der Waals surface area (Å²) in [4.78, 5) is 11.2. The van der Waals surface area contributed by atoms with E-state index in [-0.39, 0.29) is 16.2 Å². The van der Waals surface area contributed by atoms with Crippen LogP contribution in [0.4, 0.5) is 0 Å². The standard InChI is InChI=1S/C25H26O7S/c1-3-12-31-22-13-18(15-25(26)27)14-24(17-22)33(28,29)23-10-8-19(9-11-23)32-21-7-5-6-20(16-21)30-4-2/h5-11,13-14,16-17H,3-4,12,15H2,1-2H3,(H,26,27). The Labute approximate surface area is 193 Å². The third kappa shape index (κ3) is 6.49. The van der Waals surface area contributed by atoms with Crippen LogP contribution in [0.3, 0.4) is 0 Å². The highest BCUT2D eigenvalue weighted by Crippen LogP contribution is 2.30. The Hall–Kier alpha value is -3.52. The van der Waals surface area contributed by atoms with Gasteiger partial charge in [-0.2, -0.15) is 0 Å². The Bertz CT molecular complexity index is 1200. The maximum Gasteiger partial charge on any atom is 0.307 e. The third-order valence-corrected chi connectivity index (χ3v) is 6.31. The molecular formula is C25H26O7S. The fraction of sp³-hybridized carbons (Fsp3) is 0.240. The second-order valence-corrected chi connectivity index (χ2v) is 9.17. The number of benzene rings is 3. The van der Waals surface area contributed by atoms with Crippen LogP contribution >= 0.6 is 0 Å². The molecule has 3 rings (SSSR count). The van der Waals surface area contributed by atoms with Gasteiger partial charge in [-0.15, -0.1) is 0 Å². The molecule has 0 aliphatic carbocycles. The molecular weight excluding hydrogens is 444 g/mol. The number of carbonyl (C=O) groups is 1. The smallest absolute Gasteiger partial charge is 0.307 e. The second-order valence-electron chi connectivity index (χ2n) is 7.22. The lowest BCUT2D eigenvalue weighted by molar-refractivity contribution is -0.136. The van der Waals surface area contributed by atoms with E-state index in [9.17, 15) is 13.2 Å². The SMILES string of the molecule is CCCOc1cc(CC(=O)O)cc(S(=O)(=O)c2ccc(Oc3cccc(OCC)c3)cc2)c1. The average molecular weight is 471 g/mol. The molecule has 0 fully saturated rings. The molecule has 174 valence electrons. The summed E-state index contributed by atoms with van der Waals surface area (Å²) in [5, 5.41) is 9.13. The second kappa shape index (κ2) is 10.9. The molecule has 3 aromatic rings. The molecule has 0 aliphatic rings. The van der Waals surface area contributed by atoms with Crippen molar-refractivity contribution in [2.45, 2.75) is 36.5 Å². The molecule has 0 amide bonds. The molecule has 0 aliphatic heterocycles. The van der Waals surface area contributed by atoms with E-state index in [1.165, 1.54) is 24.3 Å². The minimum absolute atomic E-state index is 0.0227. The van der Waals surface area contributed by atoms with Crippen LogP contribution in [0.15, 0.2) is 76.5 Å². The van der Waals surface area contributed by atoms with Gasteiger partial charge in [-0.1, -0.05) is 13.0 Å². The number of aliphatic carboxylic acids is 1. The van der Waals surface area contributed by atoms with Gasteiger partial charge in [0.25, 0.3) is 0 Å². The van der Waals surface area contributed by atoms with E-state index in [1.807, 2.05) is 26.0 Å². The summed E-state index contributed by atoms with van der Waals surface area (Å²) in [5.74, 6) is 0.977. The van der Waals surface area contributed by atoms with Crippen molar-refractivity contribution < 1.29 is 32.5 Å². The van der Waals surface area contributed by atoms with Gasteiger partial charge in [0.1, 0.15) is 23.0 Å². The molecule has 1 N–H and O–H groups in total. The minimum Gasteiger partial charge on any atom is -0.494 e. The van der Waals surface area contributed by atoms with E-state index in [1.54, 1.807) is 30.3 Å². The zero-order valence-electron chi connectivity index (χ0n) is 18.5.